The Bertz CT molecular complexity index is 998. The number of carbonyl (C=O) groups is 1. The molecule has 27 heavy (non-hydrogen) atoms. The van der Waals surface area contributed by atoms with Gasteiger partial charge in [0.25, 0.3) is 5.91 Å². The van der Waals surface area contributed by atoms with Crippen LogP contribution in [0.4, 0.5) is 0 Å². The smallest absolute Gasteiger partial charge is 0.274 e. The van der Waals surface area contributed by atoms with Crippen molar-refractivity contribution in [2.75, 3.05) is 6.54 Å². The molecule has 8 nitrogen and oxygen atoms in total. The summed E-state index contributed by atoms with van der Waals surface area (Å²) in [5.74, 6) is -0.0405. The fraction of sp³-hybridized carbons (Fsp3) is 0.111. The number of hydroxylamine groups is 1. The number of oxazole rings is 1. The monoisotopic (exact) mass is 387 g/mol. The van der Waals surface area contributed by atoms with Crippen LogP contribution in [0.5, 0.6) is 0 Å². The number of hydrogen-bond acceptors (Lipinski definition) is 6. The Morgan fingerprint density at radius 3 is 2.37 bits per heavy atom. The number of benzene rings is 2. The van der Waals surface area contributed by atoms with E-state index in [1.165, 1.54) is 18.5 Å². The molecule has 0 aliphatic heterocycles. The van der Waals surface area contributed by atoms with Crippen LogP contribution in [0.3, 0.4) is 0 Å². The Labute approximate surface area is 155 Å². The predicted molar refractivity (Wildman–Crippen MR) is 96.5 cm³/mol. The number of carbonyl (C=O) groups excluding carboxylic acids is 1. The van der Waals surface area contributed by atoms with Gasteiger partial charge in [-0.3, -0.25) is 10.0 Å². The Balaban J connectivity index is 1.59. The van der Waals surface area contributed by atoms with Crippen molar-refractivity contribution >= 4 is 15.9 Å². The zero-order chi connectivity index (χ0) is 19.3. The Hall–Kier alpha value is -3.01. The summed E-state index contributed by atoms with van der Waals surface area (Å²) in [6.45, 7) is 0.206. The van der Waals surface area contributed by atoms with Crippen molar-refractivity contribution in [3.63, 3.8) is 0 Å². The van der Waals surface area contributed by atoms with Crippen molar-refractivity contribution < 1.29 is 22.8 Å². The standard InChI is InChI=1S/C18H17N3O5S/c22-18(21-23)15-3-1-13(2-4-15)9-10-20-27(24,25)16-7-5-14(6-8-16)17-11-19-12-26-17/h1-8,11-12,20,23H,9-10H2,(H,21,22). The summed E-state index contributed by atoms with van der Waals surface area (Å²) >= 11 is 0. The third-order valence-corrected chi connectivity index (χ3v) is 5.38. The van der Waals surface area contributed by atoms with Gasteiger partial charge >= 0.3 is 0 Å². The van der Waals surface area contributed by atoms with Gasteiger partial charge in [0.05, 0.1) is 11.1 Å². The van der Waals surface area contributed by atoms with E-state index in [1.54, 1.807) is 48.1 Å². The van der Waals surface area contributed by atoms with E-state index < -0.39 is 15.9 Å². The maximum Gasteiger partial charge on any atom is 0.274 e. The van der Waals surface area contributed by atoms with E-state index in [0.29, 0.717) is 17.7 Å². The Morgan fingerprint density at radius 1 is 1.07 bits per heavy atom. The maximum absolute atomic E-state index is 12.4. The molecule has 1 aromatic heterocycles. The molecular weight excluding hydrogens is 370 g/mol. The summed E-state index contributed by atoms with van der Waals surface area (Å²) in [5.41, 5.74) is 3.46. The van der Waals surface area contributed by atoms with Crippen LogP contribution in [0.1, 0.15) is 15.9 Å². The molecular formula is C18H17N3O5S. The second kappa shape index (κ2) is 8.12. The quantitative estimate of drug-likeness (QED) is 0.421. The number of nitrogens with zero attached hydrogens (tertiary/aromatic N) is 1. The molecule has 0 radical (unpaired) electrons. The molecule has 2 aromatic carbocycles. The minimum Gasteiger partial charge on any atom is -0.444 e. The van der Waals surface area contributed by atoms with E-state index in [9.17, 15) is 13.2 Å². The molecule has 9 heteroatoms. The SMILES string of the molecule is O=C(NO)c1ccc(CCNS(=O)(=O)c2ccc(-c3cnco3)cc2)cc1. The molecule has 0 spiro atoms. The number of nitrogens with one attached hydrogen (secondary N) is 2. The highest BCUT2D eigenvalue weighted by Crippen LogP contribution is 2.20. The minimum atomic E-state index is -3.63. The fourth-order valence-electron chi connectivity index (χ4n) is 2.46. The average molecular weight is 387 g/mol. The van der Waals surface area contributed by atoms with Crippen molar-refractivity contribution in [2.45, 2.75) is 11.3 Å². The Morgan fingerprint density at radius 2 is 1.78 bits per heavy atom. The van der Waals surface area contributed by atoms with Crippen LogP contribution in [0, 0.1) is 0 Å². The molecule has 1 heterocycles. The lowest BCUT2D eigenvalue weighted by Gasteiger charge is -2.08. The average Bonchev–Trinajstić information content (AvgIpc) is 3.23. The number of rotatable bonds is 7. The Kier molecular flexibility index (Phi) is 5.65. The van der Waals surface area contributed by atoms with Crippen molar-refractivity contribution in [1.82, 2.24) is 15.2 Å². The third-order valence-electron chi connectivity index (χ3n) is 3.90. The van der Waals surface area contributed by atoms with Gasteiger partial charge in [-0.05, 0) is 48.4 Å². The molecule has 0 fully saturated rings. The highest BCUT2D eigenvalue weighted by Gasteiger charge is 2.14. The molecule has 0 saturated heterocycles. The number of sulfonamides is 1. The normalized spacial score (nSPS) is 11.3. The van der Waals surface area contributed by atoms with E-state index in [4.69, 9.17) is 9.62 Å². The van der Waals surface area contributed by atoms with E-state index in [1.807, 2.05) is 0 Å². The van der Waals surface area contributed by atoms with Crippen molar-refractivity contribution in [1.29, 1.82) is 0 Å². The minimum absolute atomic E-state index is 0.153. The van der Waals surface area contributed by atoms with Crippen molar-refractivity contribution in [3.8, 4) is 11.3 Å². The van der Waals surface area contributed by atoms with Gasteiger partial charge < -0.3 is 4.42 Å². The molecule has 0 aliphatic carbocycles. The molecule has 3 rings (SSSR count). The van der Waals surface area contributed by atoms with Gasteiger partial charge in [0.15, 0.2) is 12.2 Å². The van der Waals surface area contributed by atoms with E-state index in [2.05, 4.69) is 9.71 Å². The second-order valence-corrected chi connectivity index (χ2v) is 7.44. The lowest BCUT2D eigenvalue weighted by Crippen LogP contribution is -2.26. The summed E-state index contributed by atoms with van der Waals surface area (Å²) in [5, 5.41) is 8.58. The first-order valence-corrected chi connectivity index (χ1v) is 9.50. The number of aromatic nitrogens is 1. The van der Waals surface area contributed by atoms with Gasteiger partial charge in [0.2, 0.25) is 10.0 Å². The summed E-state index contributed by atoms with van der Waals surface area (Å²) in [6.07, 6.45) is 3.32. The van der Waals surface area contributed by atoms with Gasteiger partial charge in [0, 0.05) is 17.7 Å². The second-order valence-electron chi connectivity index (χ2n) is 5.68. The van der Waals surface area contributed by atoms with Gasteiger partial charge in [-0.15, -0.1) is 0 Å². The summed E-state index contributed by atoms with van der Waals surface area (Å²) in [7, 11) is -3.63. The molecule has 3 N–H and O–H groups in total. The molecule has 140 valence electrons. The number of hydrogen-bond donors (Lipinski definition) is 3. The van der Waals surface area contributed by atoms with Gasteiger partial charge in [-0.25, -0.2) is 23.6 Å². The van der Waals surface area contributed by atoms with Crippen LogP contribution in [0.2, 0.25) is 0 Å². The fourth-order valence-corrected chi connectivity index (χ4v) is 3.49. The predicted octanol–water partition coefficient (Wildman–Crippen LogP) is 1.98. The van der Waals surface area contributed by atoms with Crippen LogP contribution in [-0.2, 0) is 16.4 Å². The molecule has 1 amide bonds. The van der Waals surface area contributed by atoms with Crippen LogP contribution < -0.4 is 10.2 Å². The topological polar surface area (TPSA) is 122 Å². The van der Waals surface area contributed by atoms with Crippen LogP contribution in [-0.4, -0.2) is 31.1 Å². The lowest BCUT2D eigenvalue weighted by atomic mass is 10.1. The van der Waals surface area contributed by atoms with Crippen LogP contribution in [0.25, 0.3) is 11.3 Å². The molecule has 3 aromatic rings. The molecule has 0 saturated carbocycles. The first-order chi connectivity index (χ1) is 13.0. The van der Waals surface area contributed by atoms with Crippen LogP contribution in [0.15, 0.2) is 70.4 Å². The highest BCUT2D eigenvalue weighted by atomic mass is 32.2. The highest BCUT2D eigenvalue weighted by molar-refractivity contribution is 7.89. The summed E-state index contributed by atoms with van der Waals surface area (Å²) in [4.78, 5) is 15.2. The first-order valence-electron chi connectivity index (χ1n) is 8.01. The van der Waals surface area contributed by atoms with Crippen molar-refractivity contribution in [2.24, 2.45) is 0 Å². The summed E-state index contributed by atoms with van der Waals surface area (Å²) < 4.78 is 32.5. The van der Waals surface area contributed by atoms with Gasteiger partial charge in [-0.1, -0.05) is 12.1 Å². The van der Waals surface area contributed by atoms with E-state index in [-0.39, 0.29) is 11.4 Å². The summed E-state index contributed by atoms with van der Waals surface area (Å²) in [6, 6.07) is 12.8. The molecule has 0 atom stereocenters. The molecule has 0 unspecified atom stereocenters. The van der Waals surface area contributed by atoms with E-state index in [0.717, 1.165) is 11.1 Å². The van der Waals surface area contributed by atoms with Gasteiger partial charge in [-0.2, -0.15) is 0 Å². The largest absolute Gasteiger partial charge is 0.444 e. The zero-order valence-corrected chi connectivity index (χ0v) is 14.9. The molecule has 0 aliphatic rings. The van der Waals surface area contributed by atoms with Crippen molar-refractivity contribution in [3.05, 3.63) is 72.2 Å². The van der Waals surface area contributed by atoms with Gasteiger partial charge in [0.1, 0.15) is 0 Å². The first kappa shape index (κ1) is 18.8. The number of amides is 1. The molecule has 0 bridgehead atoms. The lowest BCUT2D eigenvalue weighted by molar-refractivity contribution is 0.0706. The third kappa shape index (κ3) is 4.59. The maximum atomic E-state index is 12.4. The van der Waals surface area contributed by atoms with E-state index >= 15 is 0 Å². The van der Waals surface area contributed by atoms with Crippen LogP contribution >= 0.6 is 0 Å². The zero-order valence-electron chi connectivity index (χ0n) is 14.1.